The SMILES string of the molecule is CCC(CC)(CN)C(=O)NCCc1c(C)cc(C)cc1C.Cl. The van der Waals surface area contributed by atoms with Gasteiger partial charge in [0.25, 0.3) is 0 Å². The van der Waals surface area contributed by atoms with E-state index in [9.17, 15) is 4.79 Å². The molecule has 1 amide bonds. The van der Waals surface area contributed by atoms with Crippen LogP contribution in [0.5, 0.6) is 0 Å². The molecule has 1 aromatic carbocycles. The largest absolute Gasteiger partial charge is 0.355 e. The summed E-state index contributed by atoms with van der Waals surface area (Å²) < 4.78 is 0. The van der Waals surface area contributed by atoms with Crippen LogP contribution in [0, 0.1) is 26.2 Å². The van der Waals surface area contributed by atoms with Crippen molar-refractivity contribution < 1.29 is 4.79 Å². The van der Waals surface area contributed by atoms with Gasteiger partial charge in [-0.15, -0.1) is 12.4 Å². The lowest BCUT2D eigenvalue weighted by molar-refractivity contribution is -0.131. The molecular formula is C18H31ClN2O. The number of carbonyl (C=O) groups is 1. The highest BCUT2D eigenvalue weighted by atomic mass is 35.5. The van der Waals surface area contributed by atoms with E-state index in [2.05, 4.69) is 38.2 Å². The highest BCUT2D eigenvalue weighted by molar-refractivity contribution is 5.85. The van der Waals surface area contributed by atoms with Crippen LogP contribution >= 0.6 is 12.4 Å². The molecule has 0 unspecified atom stereocenters. The van der Waals surface area contributed by atoms with Crippen molar-refractivity contribution in [1.29, 1.82) is 0 Å². The molecule has 0 atom stereocenters. The van der Waals surface area contributed by atoms with E-state index in [1.807, 2.05) is 13.8 Å². The van der Waals surface area contributed by atoms with Gasteiger partial charge < -0.3 is 11.1 Å². The van der Waals surface area contributed by atoms with E-state index in [4.69, 9.17) is 5.73 Å². The summed E-state index contributed by atoms with van der Waals surface area (Å²) in [6, 6.07) is 4.40. The summed E-state index contributed by atoms with van der Waals surface area (Å²) in [6.45, 7) is 11.5. The van der Waals surface area contributed by atoms with Crippen molar-refractivity contribution in [3.8, 4) is 0 Å². The smallest absolute Gasteiger partial charge is 0.227 e. The molecule has 3 N–H and O–H groups in total. The van der Waals surface area contributed by atoms with Gasteiger partial charge in [0.1, 0.15) is 0 Å². The summed E-state index contributed by atoms with van der Waals surface area (Å²) in [7, 11) is 0. The Kier molecular flexibility index (Phi) is 8.72. The second-order valence-corrected chi connectivity index (χ2v) is 6.07. The molecule has 0 radical (unpaired) electrons. The van der Waals surface area contributed by atoms with E-state index in [-0.39, 0.29) is 18.3 Å². The Bertz CT molecular complexity index is 465. The second-order valence-electron chi connectivity index (χ2n) is 6.07. The van der Waals surface area contributed by atoms with Gasteiger partial charge in [0.05, 0.1) is 5.41 Å². The van der Waals surface area contributed by atoms with Gasteiger partial charge in [-0.1, -0.05) is 31.5 Å². The third-order valence-corrected chi connectivity index (χ3v) is 4.73. The summed E-state index contributed by atoms with van der Waals surface area (Å²) in [5.74, 6) is 0.0948. The highest BCUT2D eigenvalue weighted by Crippen LogP contribution is 2.25. The number of hydrogen-bond donors (Lipinski definition) is 2. The van der Waals surface area contributed by atoms with E-state index < -0.39 is 5.41 Å². The van der Waals surface area contributed by atoms with Gasteiger partial charge in [-0.05, 0) is 56.7 Å². The molecule has 3 nitrogen and oxygen atoms in total. The van der Waals surface area contributed by atoms with Crippen molar-refractivity contribution in [2.24, 2.45) is 11.1 Å². The molecule has 0 saturated carbocycles. The van der Waals surface area contributed by atoms with Crippen molar-refractivity contribution in [3.63, 3.8) is 0 Å². The van der Waals surface area contributed by atoms with Crippen LogP contribution in [0.4, 0.5) is 0 Å². The Balaban J connectivity index is 0.00000441. The summed E-state index contributed by atoms with van der Waals surface area (Å²) in [6.07, 6.45) is 2.45. The van der Waals surface area contributed by atoms with Gasteiger partial charge in [0.2, 0.25) is 5.91 Å². The van der Waals surface area contributed by atoms with Crippen LogP contribution in [0.25, 0.3) is 0 Å². The van der Waals surface area contributed by atoms with Crippen molar-refractivity contribution >= 4 is 18.3 Å². The maximum atomic E-state index is 12.4. The average molecular weight is 327 g/mol. The van der Waals surface area contributed by atoms with Crippen molar-refractivity contribution in [2.45, 2.75) is 53.9 Å². The maximum absolute atomic E-state index is 12.4. The van der Waals surface area contributed by atoms with Crippen LogP contribution in [0.3, 0.4) is 0 Å². The van der Waals surface area contributed by atoms with Gasteiger partial charge in [-0.2, -0.15) is 0 Å². The number of hydrogen-bond acceptors (Lipinski definition) is 2. The van der Waals surface area contributed by atoms with Gasteiger partial charge in [0, 0.05) is 13.1 Å². The van der Waals surface area contributed by atoms with Crippen LogP contribution in [-0.4, -0.2) is 19.0 Å². The van der Waals surface area contributed by atoms with Gasteiger partial charge in [-0.25, -0.2) is 0 Å². The van der Waals surface area contributed by atoms with E-state index in [1.54, 1.807) is 0 Å². The fourth-order valence-corrected chi connectivity index (χ4v) is 3.05. The number of rotatable bonds is 7. The van der Waals surface area contributed by atoms with Crippen molar-refractivity contribution in [1.82, 2.24) is 5.32 Å². The molecule has 126 valence electrons. The number of carbonyl (C=O) groups excluding carboxylic acids is 1. The first-order valence-electron chi connectivity index (χ1n) is 7.95. The predicted molar refractivity (Wildman–Crippen MR) is 96.7 cm³/mol. The zero-order valence-electron chi connectivity index (χ0n) is 14.6. The monoisotopic (exact) mass is 326 g/mol. The number of amides is 1. The van der Waals surface area contributed by atoms with Crippen LogP contribution in [0.15, 0.2) is 12.1 Å². The molecule has 0 spiro atoms. The number of nitrogens with one attached hydrogen (secondary N) is 1. The Morgan fingerprint density at radius 2 is 1.64 bits per heavy atom. The van der Waals surface area contributed by atoms with Gasteiger partial charge in [0.15, 0.2) is 0 Å². The second kappa shape index (κ2) is 9.16. The maximum Gasteiger partial charge on any atom is 0.227 e. The lowest BCUT2D eigenvalue weighted by Gasteiger charge is -2.28. The number of benzene rings is 1. The Hall–Kier alpha value is -1.06. The van der Waals surface area contributed by atoms with E-state index in [0.29, 0.717) is 13.1 Å². The van der Waals surface area contributed by atoms with Crippen molar-refractivity contribution in [3.05, 3.63) is 34.4 Å². The normalized spacial score (nSPS) is 11.0. The molecule has 1 rings (SSSR count). The Morgan fingerprint density at radius 3 is 2.05 bits per heavy atom. The third kappa shape index (κ3) is 4.72. The number of halogens is 1. The molecule has 0 saturated heterocycles. The summed E-state index contributed by atoms with van der Waals surface area (Å²) in [5, 5.41) is 3.07. The van der Waals surface area contributed by atoms with Crippen LogP contribution in [0.1, 0.15) is 48.9 Å². The van der Waals surface area contributed by atoms with E-state index in [0.717, 1.165) is 19.3 Å². The number of aryl methyl sites for hydroxylation is 3. The summed E-state index contributed by atoms with van der Waals surface area (Å²) in [5.41, 5.74) is 10.6. The molecule has 1 aromatic rings. The molecule has 22 heavy (non-hydrogen) atoms. The van der Waals surface area contributed by atoms with Crippen LogP contribution in [-0.2, 0) is 11.2 Å². The minimum absolute atomic E-state index is 0. The third-order valence-electron chi connectivity index (χ3n) is 4.73. The standard InChI is InChI=1S/C18H30N2O.ClH/c1-6-18(7-2,12-19)17(21)20-9-8-16-14(4)10-13(3)11-15(16)5;/h10-11H,6-9,12,19H2,1-5H3,(H,20,21);1H. The molecule has 0 aliphatic carbocycles. The molecule has 0 bridgehead atoms. The summed E-state index contributed by atoms with van der Waals surface area (Å²) in [4.78, 5) is 12.4. The zero-order valence-corrected chi connectivity index (χ0v) is 15.4. The topological polar surface area (TPSA) is 55.1 Å². The predicted octanol–water partition coefficient (Wildman–Crippen LogP) is 3.46. The Labute approximate surface area is 141 Å². The zero-order chi connectivity index (χ0) is 16.0. The van der Waals surface area contributed by atoms with Gasteiger partial charge in [-0.3, -0.25) is 4.79 Å². The van der Waals surface area contributed by atoms with Crippen LogP contribution in [0.2, 0.25) is 0 Å². The van der Waals surface area contributed by atoms with E-state index in [1.165, 1.54) is 22.3 Å². The average Bonchev–Trinajstić information content (AvgIpc) is 2.44. The minimum atomic E-state index is -0.405. The molecule has 0 aliphatic rings. The molecule has 0 fully saturated rings. The van der Waals surface area contributed by atoms with Crippen LogP contribution < -0.4 is 11.1 Å². The lowest BCUT2D eigenvalue weighted by atomic mass is 9.81. The fourth-order valence-electron chi connectivity index (χ4n) is 3.05. The first-order valence-corrected chi connectivity index (χ1v) is 7.95. The molecule has 0 aliphatic heterocycles. The minimum Gasteiger partial charge on any atom is -0.355 e. The van der Waals surface area contributed by atoms with E-state index >= 15 is 0 Å². The first-order chi connectivity index (χ1) is 9.90. The Morgan fingerprint density at radius 1 is 1.14 bits per heavy atom. The molecule has 0 aromatic heterocycles. The highest BCUT2D eigenvalue weighted by Gasteiger charge is 2.32. The summed E-state index contributed by atoms with van der Waals surface area (Å²) >= 11 is 0. The quantitative estimate of drug-likeness (QED) is 0.806. The van der Waals surface area contributed by atoms with Crippen molar-refractivity contribution in [2.75, 3.05) is 13.1 Å². The molecular weight excluding hydrogens is 296 g/mol. The fraction of sp³-hybridized carbons (Fsp3) is 0.611. The van der Waals surface area contributed by atoms with Gasteiger partial charge >= 0.3 is 0 Å². The first kappa shape index (κ1) is 20.9. The number of nitrogens with two attached hydrogens (primary N) is 1. The molecule has 0 heterocycles. The molecule has 4 heteroatoms. The lowest BCUT2D eigenvalue weighted by Crippen LogP contribution is -2.45.